The number of hydrogen-bond donors (Lipinski definition) is 0. The molecule has 0 spiro atoms. The van der Waals surface area contributed by atoms with E-state index in [4.69, 9.17) is 9.15 Å². The summed E-state index contributed by atoms with van der Waals surface area (Å²) in [7, 11) is 0. The van der Waals surface area contributed by atoms with Crippen LogP contribution in [0.4, 0.5) is 0 Å². The Hall–Kier alpha value is -2.69. The Kier molecular flexibility index (Phi) is 2.95. The van der Waals surface area contributed by atoms with Crippen LogP contribution >= 0.6 is 0 Å². The number of pyridine rings is 1. The van der Waals surface area contributed by atoms with Gasteiger partial charge in [0.2, 0.25) is 5.78 Å². The van der Waals surface area contributed by atoms with E-state index in [0.717, 1.165) is 5.56 Å². The number of hydrogen-bond acceptors (Lipinski definition) is 5. The molecule has 0 saturated heterocycles. The highest BCUT2D eigenvalue weighted by Gasteiger charge is 2.14. The molecule has 0 aliphatic carbocycles. The predicted octanol–water partition coefficient (Wildman–Crippen LogP) is 3.53. The van der Waals surface area contributed by atoms with Gasteiger partial charge in [0.1, 0.15) is 5.75 Å². The first-order chi connectivity index (χ1) is 9.63. The van der Waals surface area contributed by atoms with Crippen LogP contribution < -0.4 is 4.74 Å². The molecule has 100 valence electrons. The molecule has 0 bridgehead atoms. The second-order valence-electron chi connectivity index (χ2n) is 4.47. The van der Waals surface area contributed by atoms with Crippen LogP contribution in [0, 0.1) is 6.92 Å². The van der Waals surface area contributed by atoms with E-state index in [1.54, 1.807) is 6.20 Å². The molecule has 5 nitrogen and oxygen atoms in total. The van der Waals surface area contributed by atoms with Crippen molar-refractivity contribution in [2.45, 2.75) is 13.8 Å². The molecular weight excluding hydrogens is 256 g/mol. The third-order valence-corrected chi connectivity index (χ3v) is 2.82. The van der Waals surface area contributed by atoms with Crippen LogP contribution in [0.2, 0.25) is 0 Å². The van der Waals surface area contributed by atoms with E-state index in [1.165, 1.54) is 13.1 Å². The van der Waals surface area contributed by atoms with E-state index in [-0.39, 0.29) is 11.7 Å². The highest BCUT2D eigenvalue weighted by molar-refractivity contribution is 5.93. The summed E-state index contributed by atoms with van der Waals surface area (Å²) in [6, 6.07) is 7.62. The van der Waals surface area contributed by atoms with Crippen LogP contribution in [-0.2, 0) is 0 Å². The fourth-order valence-electron chi connectivity index (χ4n) is 1.79. The summed E-state index contributed by atoms with van der Waals surface area (Å²) in [4.78, 5) is 19.5. The molecule has 5 heteroatoms. The molecule has 0 saturated carbocycles. The second-order valence-corrected chi connectivity index (χ2v) is 4.47. The number of aryl methyl sites for hydroxylation is 1. The first-order valence-electron chi connectivity index (χ1n) is 6.13. The number of nitrogens with zero attached hydrogens (tertiary/aromatic N) is 2. The predicted molar refractivity (Wildman–Crippen MR) is 73.1 cm³/mol. The van der Waals surface area contributed by atoms with E-state index >= 15 is 0 Å². The first kappa shape index (κ1) is 12.3. The van der Waals surface area contributed by atoms with Crippen molar-refractivity contribution in [2.75, 3.05) is 0 Å². The minimum atomic E-state index is -0.234. The van der Waals surface area contributed by atoms with Crippen molar-refractivity contribution in [3.8, 4) is 11.5 Å². The van der Waals surface area contributed by atoms with Crippen molar-refractivity contribution in [2.24, 2.45) is 0 Å². The van der Waals surface area contributed by atoms with Crippen LogP contribution in [-0.4, -0.2) is 15.8 Å². The van der Waals surface area contributed by atoms with Gasteiger partial charge in [0.05, 0.1) is 12.4 Å². The van der Waals surface area contributed by atoms with Gasteiger partial charge in [0.15, 0.2) is 16.8 Å². The summed E-state index contributed by atoms with van der Waals surface area (Å²) in [5.74, 6) is 0.962. The van der Waals surface area contributed by atoms with Gasteiger partial charge in [-0.15, -0.1) is 0 Å². The molecule has 0 aliphatic heterocycles. The lowest BCUT2D eigenvalue weighted by molar-refractivity contribution is 0.0983. The molecule has 2 aromatic heterocycles. The van der Waals surface area contributed by atoms with Gasteiger partial charge >= 0.3 is 0 Å². The normalized spacial score (nSPS) is 10.7. The van der Waals surface area contributed by atoms with Gasteiger partial charge in [-0.05, 0) is 19.1 Å². The monoisotopic (exact) mass is 268 g/mol. The number of carbonyl (C=O) groups is 1. The van der Waals surface area contributed by atoms with Gasteiger partial charge in [-0.3, -0.25) is 9.78 Å². The number of ketones is 1. The van der Waals surface area contributed by atoms with Crippen molar-refractivity contribution in [3.05, 3.63) is 48.1 Å². The fourth-order valence-corrected chi connectivity index (χ4v) is 1.79. The zero-order valence-corrected chi connectivity index (χ0v) is 11.1. The van der Waals surface area contributed by atoms with Crippen LogP contribution in [0.5, 0.6) is 11.5 Å². The smallest absolute Gasteiger partial charge is 0.264 e. The SMILES string of the molecule is CC(=O)c1nc2c(Oc3ccc(C)cc3)cncc2o1. The molecule has 0 aliphatic rings. The van der Waals surface area contributed by atoms with Gasteiger partial charge in [-0.25, -0.2) is 4.98 Å². The lowest BCUT2D eigenvalue weighted by Crippen LogP contribution is -1.91. The van der Waals surface area contributed by atoms with Gasteiger partial charge in [-0.2, -0.15) is 0 Å². The number of carbonyl (C=O) groups excluding carboxylic acids is 1. The average molecular weight is 268 g/mol. The molecule has 3 rings (SSSR count). The average Bonchev–Trinajstić information content (AvgIpc) is 2.87. The second kappa shape index (κ2) is 4.77. The Morgan fingerprint density at radius 3 is 2.65 bits per heavy atom. The largest absolute Gasteiger partial charge is 0.453 e. The Morgan fingerprint density at radius 2 is 1.95 bits per heavy atom. The van der Waals surface area contributed by atoms with E-state index in [0.29, 0.717) is 22.6 Å². The number of Topliss-reactive ketones (excluding diaryl/α,β-unsaturated/α-hetero) is 1. The third-order valence-electron chi connectivity index (χ3n) is 2.82. The maximum atomic E-state index is 11.3. The van der Waals surface area contributed by atoms with E-state index in [1.807, 2.05) is 31.2 Å². The quantitative estimate of drug-likeness (QED) is 0.680. The summed E-state index contributed by atoms with van der Waals surface area (Å²) in [6.07, 6.45) is 3.06. The van der Waals surface area contributed by atoms with Crippen molar-refractivity contribution in [1.82, 2.24) is 9.97 Å². The lowest BCUT2D eigenvalue weighted by atomic mass is 10.2. The summed E-state index contributed by atoms with van der Waals surface area (Å²) < 4.78 is 11.1. The number of ether oxygens (including phenoxy) is 1. The highest BCUT2D eigenvalue weighted by Crippen LogP contribution is 2.29. The van der Waals surface area contributed by atoms with Crippen LogP contribution in [0.15, 0.2) is 41.1 Å². The fraction of sp³-hybridized carbons (Fsp3) is 0.133. The summed E-state index contributed by atoms with van der Waals surface area (Å²) in [6.45, 7) is 3.40. The van der Waals surface area contributed by atoms with E-state index in [2.05, 4.69) is 9.97 Å². The molecule has 0 N–H and O–H groups in total. The first-order valence-corrected chi connectivity index (χ1v) is 6.13. The zero-order chi connectivity index (χ0) is 14.1. The highest BCUT2D eigenvalue weighted by atomic mass is 16.5. The van der Waals surface area contributed by atoms with Crippen molar-refractivity contribution in [3.63, 3.8) is 0 Å². The molecule has 2 heterocycles. The summed E-state index contributed by atoms with van der Waals surface area (Å²) >= 11 is 0. The molecule has 0 atom stereocenters. The third kappa shape index (κ3) is 2.25. The summed E-state index contributed by atoms with van der Waals surface area (Å²) in [5, 5.41) is 0. The zero-order valence-electron chi connectivity index (χ0n) is 11.1. The minimum absolute atomic E-state index is 0.0572. The molecule has 0 fully saturated rings. The van der Waals surface area contributed by atoms with Gasteiger partial charge in [0, 0.05) is 6.92 Å². The molecule has 0 radical (unpaired) electrons. The standard InChI is InChI=1S/C15H12N2O3/c1-9-3-5-11(6-4-9)19-12-7-16-8-13-14(12)17-15(20-13)10(2)18/h3-8H,1-2H3. The van der Waals surface area contributed by atoms with Crippen molar-refractivity contribution < 1.29 is 13.9 Å². The molecular formula is C15H12N2O3. The van der Waals surface area contributed by atoms with Crippen molar-refractivity contribution >= 4 is 16.9 Å². The Balaban J connectivity index is 2.02. The molecule has 3 aromatic rings. The van der Waals surface area contributed by atoms with E-state index in [9.17, 15) is 4.79 Å². The number of fused-ring (bicyclic) bond motifs is 1. The van der Waals surface area contributed by atoms with Crippen molar-refractivity contribution in [1.29, 1.82) is 0 Å². The molecule has 0 unspecified atom stereocenters. The molecule has 20 heavy (non-hydrogen) atoms. The summed E-state index contributed by atoms with van der Waals surface area (Å²) in [5.41, 5.74) is 2.07. The Bertz CT molecular complexity index is 775. The number of aromatic nitrogens is 2. The Labute approximate surface area is 115 Å². The lowest BCUT2D eigenvalue weighted by Gasteiger charge is -2.05. The number of rotatable bonds is 3. The maximum absolute atomic E-state index is 11.3. The van der Waals surface area contributed by atoms with Gasteiger partial charge in [0.25, 0.3) is 5.89 Å². The van der Waals surface area contributed by atoms with Crippen LogP contribution in [0.1, 0.15) is 23.2 Å². The molecule has 1 aromatic carbocycles. The van der Waals surface area contributed by atoms with Crippen LogP contribution in [0.25, 0.3) is 11.1 Å². The van der Waals surface area contributed by atoms with Gasteiger partial charge < -0.3 is 9.15 Å². The number of oxazole rings is 1. The molecule has 0 amide bonds. The topological polar surface area (TPSA) is 65.2 Å². The maximum Gasteiger partial charge on any atom is 0.264 e. The van der Waals surface area contributed by atoms with E-state index < -0.39 is 0 Å². The van der Waals surface area contributed by atoms with Gasteiger partial charge in [-0.1, -0.05) is 17.7 Å². The van der Waals surface area contributed by atoms with Crippen LogP contribution in [0.3, 0.4) is 0 Å². The number of benzene rings is 1. The minimum Gasteiger partial charge on any atom is -0.453 e. The Morgan fingerprint density at radius 1 is 1.20 bits per heavy atom.